The Bertz CT molecular complexity index is 1540. The fraction of sp³-hybridized carbons (Fsp3) is 0.240. The summed E-state index contributed by atoms with van der Waals surface area (Å²) >= 11 is 0. The summed E-state index contributed by atoms with van der Waals surface area (Å²) in [6.45, 7) is 4.33. The summed E-state index contributed by atoms with van der Waals surface area (Å²) in [5, 5.41) is 18.3. The SMILES string of the molecule is Cn1cc(-c2cn3ncc(C#N)c3c(-c3ccc(N4CCN(Cc5ncccn5)CC4)nc3)n2)cn1. The van der Waals surface area contributed by atoms with Crippen molar-refractivity contribution in [2.75, 3.05) is 31.1 Å². The minimum atomic E-state index is 0.470. The van der Waals surface area contributed by atoms with Crippen LogP contribution in [0.25, 0.3) is 28.0 Å². The van der Waals surface area contributed by atoms with Gasteiger partial charge in [0.25, 0.3) is 0 Å². The number of aromatic nitrogens is 8. The third-order valence-electron chi connectivity index (χ3n) is 6.32. The highest BCUT2D eigenvalue weighted by atomic mass is 15.3. The van der Waals surface area contributed by atoms with Crippen LogP contribution in [0.5, 0.6) is 0 Å². The fourth-order valence-electron chi connectivity index (χ4n) is 4.45. The van der Waals surface area contributed by atoms with Crippen LogP contribution < -0.4 is 4.90 Å². The molecular formula is C25H23N11. The summed E-state index contributed by atoms with van der Waals surface area (Å²) in [7, 11) is 1.86. The normalized spacial score (nSPS) is 14.3. The van der Waals surface area contributed by atoms with Crippen LogP contribution in [0.2, 0.25) is 0 Å². The van der Waals surface area contributed by atoms with E-state index in [0.717, 1.165) is 61.2 Å². The summed E-state index contributed by atoms with van der Waals surface area (Å²) in [6, 6.07) is 8.09. The third kappa shape index (κ3) is 4.14. The van der Waals surface area contributed by atoms with E-state index in [1.165, 1.54) is 0 Å². The molecule has 0 amide bonds. The van der Waals surface area contributed by atoms with Crippen molar-refractivity contribution in [3.8, 4) is 28.6 Å². The summed E-state index contributed by atoms with van der Waals surface area (Å²) in [5.74, 6) is 1.76. The fourth-order valence-corrected chi connectivity index (χ4v) is 4.45. The Morgan fingerprint density at radius 2 is 1.75 bits per heavy atom. The number of piperazine rings is 1. The van der Waals surface area contributed by atoms with Crippen molar-refractivity contribution in [1.82, 2.24) is 44.2 Å². The number of hydrogen-bond acceptors (Lipinski definition) is 9. The van der Waals surface area contributed by atoms with E-state index in [9.17, 15) is 5.26 Å². The van der Waals surface area contributed by atoms with Crippen LogP contribution in [-0.4, -0.2) is 70.4 Å². The van der Waals surface area contributed by atoms with Crippen LogP contribution >= 0.6 is 0 Å². The van der Waals surface area contributed by atoms with Crippen molar-refractivity contribution in [2.45, 2.75) is 6.54 Å². The van der Waals surface area contributed by atoms with Crippen molar-refractivity contribution in [2.24, 2.45) is 7.05 Å². The quantitative estimate of drug-likeness (QED) is 0.375. The first-order chi connectivity index (χ1) is 17.7. The van der Waals surface area contributed by atoms with Gasteiger partial charge >= 0.3 is 0 Å². The van der Waals surface area contributed by atoms with E-state index in [1.54, 1.807) is 34.0 Å². The van der Waals surface area contributed by atoms with Gasteiger partial charge in [0.15, 0.2) is 0 Å². The van der Waals surface area contributed by atoms with Crippen LogP contribution in [0.15, 0.2) is 61.6 Å². The summed E-state index contributed by atoms with van der Waals surface area (Å²) in [6.07, 6.45) is 12.4. The molecule has 5 aromatic heterocycles. The number of fused-ring (bicyclic) bond motifs is 1. The van der Waals surface area contributed by atoms with E-state index >= 15 is 0 Å². The molecule has 6 heterocycles. The van der Waals surface area contributed by atoms with Crippen molar-refractivity contribution in [3.05, 3.63) is 73.0 Å². The molecule has 1 aliphatic rings. The second-order valence-electron chi connectivity index (χ2n) is 8.67. The molecule has 0 aromatic carbocycles. The molecule has 0 bridgehead atoms. The number of pyridine rings is 1. The predicted molar refractivity (Wildman–Crippen MR) is 133 cm³/mol. The zero-order valence-electron chi connectivity index (χ0n) is 19.7. The van der Waals surface area contributed by atoms with Gasteiger partial charge in [-0.2, -0.15) is 15.5 Å². The first-order valence-electron chi connectivity index (χ1n) is 11.6. The van der Waals surface area contributed by atoms with Crippen molar-refractivity contribution < 1.29 is 0 Å². The van der Waals surface area contributed by atoms with Crippen LogP contribution in [0.3, 0.4) is 0 Å². The Morgan fingerprint density at radius 3 is 2.44 bits per heavy atom. The number of anilines is 1. The van der Waals surface area contributed by atoms with Crippen LogP contribution in [-0.2, 0) is 13.6 Å². The molecule has 0 atom stereocenters. The highest BCUT2D eigenvalue weighted by molar-refractivity contribution is 5.83. The van der Waals surface area contributed by atoms with Gasteiger partial charge in [-0.1, -0.05) is 0 Å². The van der Waals surface area contributed by atoms with Crippen LogP contribution in [0.1, 0.15) is 11.4 Å². The van der Waals surface area contributed by atoms with Gasteiger partial charge in [0.2, 0.25) is 0 Å². The maximum absolute atomic E-state index is 9.64. The van der Waals surface area contributed by atoms with E-state index in [2.05, 4.69) is 36.0 Å². The monoisotopic (exact) mass is 477 g/mol. The Hall–Kier alpha value is -4.69. The number of aryl methyl sites for hydroxylation is 1. The van der Waals surface area contributed by atoms with Gasteiger partial charge in [-0.15, -0.1) is 0 Å². The molecule has 0 unspecified atom stereocenters. The summed E-state index contributed by atoms with van der Waals surface area (Å²) in [5.41, 5.74) is 4.22. The van der Waals surface area contributed by atoms with E-state index in [4.69, 9.17) is 9.97 Å². The molecule has 178 valence electrons. The second-order valence-corrected chi connectivity index (χ2v) is 8.67. The van der Waals surface area contributed by atoms with Crippen LogP contribution in [0, 0.1) is 11.3 Å². The first-order valence-corrected chi connectivity index (χ1v) is 11.6. The zero-order chi connectivity index (χ0) is 24.5. The van der Waals surface area contributed by atoms with Crippen molar-refractivity contribution in [3.63, 3.8) is 0 Å². The minimum absolute atomic E-state index is 0.470. The minimum Gasteiger partial charge on any atom is -0.354 e. The third-order valence-corrected chi connectivity index (χ3v) is 6.32. The Kier molecular flexibility index (Phi) is 5.55. The van der Waals surface area contributed by atoms with E-state index in [-0.39, 0.29) is 0 Å². The molecule has 11 nitrogen and oxygen atoms in total. The van der Waals surface area contributed by atoms with Gasteiger partial charge in [-0.3, -0.25) is 9.58 Å². The highest BCUT2D eigenvalue weighted by Crippen LogP contribution is 2.29. The van der Waals surface area contributed by atoms with E-state index in [1.807, 2.05) is 43.8 Å². The average Bonchev–Trinajstić information content (AvgIpc) is 3.55. The largest absolute Gasteiger partial charge is 0.354 e. The molecule has 0 N–H and O–H groups in total. The maximum atomic E-state index is 9.64. The molecule has 0 spiro atoms. The Labute approximate surface area is 207 Å². The van der Waals surface area contributed by atoms with Gasteiger partial charge in [-0.25, -0.2) is 24.5 Å². The molecule has 0 saturated carbocycles. The van der Waals surface area contributed by atoms with Gasteiger partial charge < -0.3 is 4.90 Å². The molecule has 6 rings (SSSR count). The average molecular weight is 478 g/mol. The van der Waals surface area contributed by atoms with Gasteiger partial charge in [0, 0.05) is 69.1 Å². The smallest absolute Gasteiger partial charge is 0.142 e. The Morgan fingerprint density at radius 1 is 0.917 bits per heavy atom. The zero-order valence-corrected chi connectivity index (χ0v) is 19.7. The molecule has 0 radical (unpaired) electrons. The lowest BCUT2D eigenvalue weighted by Crippen LogP contribution is -2.46. The topological polar surface area (TPSA) is 117 Å². The number of rotatable bonds is 5. The lowest BCUT2D eigenvalue weighted by molar-refractivity contribution is 0.243. The second kappa shape index (κ2) is 9.16. The maximum Gasteiger partial charge on any atom is 0.142 e. The molecule has 1 fully saturated rings. The van der Waals surface area contributed by atoms with Crippen LogP contribution in [0.4, 0.5) is 5.82 Å². The number of nitriles is 1. The lowest BCUT2D eigenvalue weighted by atomic mass is 10.1. The molecule has 5 aromatic rings. The van der Waals surface area contributed by atoms with Crippen molar-refractivity contribution in [1.29, 1.82) is 5.26 Å². The van der Waals surface area contributed by atoms with Gasteiger partial charge in [-0.05, 0) is 18.2 Å². The lowest BCUT2D eigenvalue weighted by Gasteiger charge is -2.35. The molecule has 1 saturated heterocycles. The molecule has 11 heteroatoms. The number of nitrogens with zero attached hydrogens (tertiary/aromatic N) is 11. The Balaban J connectivity index is 1.25. The van der Waals surface area contributed by atoms with Gasteiger partial charge in [0.1, 0.15) is 28.8 Å². The molecule has 1 aliphatic heterocycles. The van der Waals surface area contributed by atoms with Gasteiger partial charge in [0.05, 0.1) is 36.5 Å². The molecule has 0 aliphatic carbocycles. The molecule has 36 heavy (non-hydrogen) atoms. The van der Waals surface area contributed by atoms with E-state index in [0.29, 0.717) is 16.8 Å². The highest BCUT2D eigenvalue weighted by Gasteiger charge is 2.20. The predicted octanol–water partition coefficient (Wildman–Crippen LogP) is 2.18. The molecular weight excluding hydrogens is 454 g/mol. The van der Waals surface area contributed by atoms with E-state index < -0.39 is 0 Å². The first kappa shape index (κ1) is 21.8. The van der Waals surface area contributed by atoms with Crippen molar-refractivity contribution >= 4 is 11.3 Å². The standard InChI is InChI=1S/C25H23N11/c1-33-15-20(14-30-33)21-16-36-25(19(11-26)13-31-36)24(32-21)18-3-4-23(29-12-18)35-9-7-34(8-10-35)17-22-27-5-2-6-28-22/h2-6,12-16H,7-10,17H2,1H3. The summed E-state index contributed by atoms with van der Waals surface area (Å²) in [4.78, 5) is 22.9. The number of hydrogen-bond donors (Lipinski definition) is 0. The summed E-state index contributed by atoms with van der Waals surface area (Å²) < 4.78 is 3.43.